The lowest BCUT2D eigenvalue weighted by atomic mass is 9.68. The molecule has 2 fully saturated rings. The van der Waals surface area contributed by atoms with Gasteiger partial charge in [-0.15, -0.1) is 0 Å². The van der Waals surface area contributed by atoms with Crippen molar-refractivity contribution in [2.24, 2.45) is 29.6 Å². The molecular formula is C20H35F3O. The van der Waals surface area contributed by atoms with Crippen molar-refractivity contribution in [3.8, 4) is 0 Å². The molecule has 4 heteroatoms. The fourth-order valence-electron chi connectivity index (χ4n) is 5.11. The highest BCUT2D eigenvalue weighted by Crippen LogP contribution is 2.46. The number of allylic oxidation sites excluding steroid dienone is 2. The molecule has 2 N–H and O–H groups in total. The van der Waals surface area contributed by atoms with Crippen LogP contribution < -0.4 is 0 Å². The molecule has 3 unspecified atom stereocenters. The Morgan fingerprint density at radius 2 is 1.46 bits per heavy atom. The molecule has 2 saturated carbocycles. The van der Waals surface area contributed by atoms with Gasteiger partial charge < -0.3 is 5.48 Å². The molecule has 3 rings (SSSR count). The maximum atomic E-state index is 14.7. The maximum Gasteiger partial charge on any atom is 0.106 e. The number of rotatable bonds is 2. The average molecular weight is 348 g/mol. The van der Waals surface area contributed by atoms with Crippen LogP contribution >= 0.6 is 0 Å². The molecule has 3 aliphatic rings. The minimum atomic E-state index is -1.12. The lowest BCUT2D eigenvalue weighted by Gasteiger charge is -2.38. The molecule has 0 aromatic heterocycles. The van der Waals surface area contributed by atoms with Gasteiger partial charge in [-0.2, -0.15) is 0 Å². The molecule has 0 radical (unpaired) electrons. The lowest BCUT2D eigenvalue weighted by Crippen LogP contribution is -2.35. The monoisotopic (exact) mass is 348 g/mol. The molecule has 0 bridgehead atoms. The van der Waals surface area contributed by atoms with E-state index < -0.39 is 18.3 Å². The summed E-state index contributed by atoms with van der Waals surface area (Å²) in [5, 5.41) is 0. The zero-order chi connectivity index (χ0) is 16.6. The van der Waals surface area contributed by atoms with E-state index in [0.717, 1.165) is 24.3 Å². The van der Waals surface area contributed by atoms with Crippen LogP contribution in [0.25, 0.3) is 0 Å². The standard InChI is InChI=1S/C20H31F3.H2O.H2/c1-12-3-5-14(6-4-12)15-7-8-17(20(23)9-15)16-10-18(21)13(2)19(22)11-16;;/h12-16,18-19H,3-11H2,1-2H3;1H2;1H. The molecule has 0 aromatic carbocycles. The van der Waals surface area contributed by atoms with Gasteiger partial charge in [0.05, 0.1) is 5.83 Å². The van der Waals surface area contributed by atoms with Crippen molar-refractivity contribution in [1.82, 2.24) is 0 Å². The van der Waals surface area contributed by atoms with Crippen molar-refractivity contribution in [2.75, 3.05) is 0 Å². The fourth-order valence-corrected chi connectivity index (χ4v) is 5.11. The van der Waals surface area contributed by atoms with E-state index in [1.165, 1.54) is 25.7 Å². The second kappa shape index (κ2) is 8.25. The Morgan fingerprint density at radius 3 is 2.00 bits per heavy atom. The van der Waals surface area contributed by atoms with Crippen molar-refractivity contribution >= 4 is 0 Å². The van der Waals surface area contributed by atoms with Crippen LogP contribution in [-0.2, 0) is 0 Å². The summed E-state index contributed by atoms with van der Waals surface area (Å²) in [6.07, 6.45) is 5.65. The van der Waals surface area contributed by atoms with Crippen molar-refractivity contribution < 1.29 is 20.1 Å². The molecule has 0 saturated heterocycles. The average Bonchev–Trinajstić information content (AvgIpc) is 2.53. The predicted molar refractivity (Wildman–Crippen MR) is 94.0 cm³/mol. The molecule has 0 amide bonds. The van der Waals surface area contributed by atoms with E-state index in [0.29, 0.717) is 31.1 Å². The Morgan fingerprint density at radius 1 is 0.875 bits per heavy atom. The molecule has 0 aromatic rings. The molecule has 3 atom stereocenters. The van der Waals surface area contributed by atoms with Crippen LogP contribution in [-0.4, -0.2) is 17.8 Å². The van der Waals surface area contributed by atoms with Crippen LogP contribution in [0.3, 0.4) is 0 Å². The number of hydrogen-bond acceptors (Lipinski definition) is 0. The Labute approximate surface area is 145 Å². The molecular weight excluding hydrogens is 313 g/mol. The number of alkyl halides is 2. The number of halogens is 3. The summed E-state index contributed by atoms with van der Waals surface area (Å²) >= 11 is 0. The SMILES string of the molecule is CC1CCC(C2CCC(C3CC(F)C(C)C(F)C3)=C(F)C2)CC1.O.[HH]. The zero-order valence-corrected chi connectivity index (χ0v) is 15.0. The summed E-state index contributed by atoms with van der Waals surface area (Å²) < 4.78 is 42.7. The third-order valence-electron chi connectivity index (χ3n) is 6.95. The van der Waals surface area contributed by atoms with E-state index in [1.54, 1.807) is 6.92 Å². The molecule has 0 spiro atoms. The Balaban J connectivity index is 0.00000156. The summed E-state index contributed by atoms with van der Waals surface area (Å²) in [5.41, 5.74) is 0.752. The van der Waals surface area contributed by atoms with Gasteiger partial charge in [0.2, 0.25) is 0 Å². The highest BCUT2D eigenvalue weighted by Gasteiger charge is 2.39. The van der Waals surface area contributed by atoms with Gasteiger partial charge >= 0.3 is 0 Å². The van der Waals surface area contributed by atoms with Gasteiger partial charge in [0.15, 0.2) is 0 Å². The van der Waals surface area contributed by atoms with Crippen molar-refractivity contribution in [2.45, 2.75) is 84.0 Å². The third kappa shape index (κ3) is 4.17. The first kappa shape index (κ1) is 19.8. The van der Waals surface area contributed by atoms with Gasteiger partial charge in [-0.25, -0.2) is 13.2 Å². The van der Waals surface area contributed by atoms with E-state index in [9.17, 15) is 13.2 Å². The van der Waals surface area contributed by atoms with Crippen LogP contribution in [0.5, 0.6) is 0 Å². The molecule has 0 heterocycles. The smallest absolute Gasteiger partial charge is 0.106 e. The number of hydrogen-bond donors (Lipinski definition) is 0. The normalized spacial score (nSPS) is 44.1. The fraction of sp³-hybridized carbons (Fsp3) is 0.900. The molecule has 24 heavy (non-hydrogen) atoms. The topological polar surface area (TPSA) is 31.5 Å². The molecule has 1 nitrogen and oxygen atoms in total. The van der Waals surface area contributed by atoms with Crippen LogP contribution in [0.15, 0.2) is 11.4 Å². The second-order valence-corrected chi connectivity index (χ2v) is 8.51. The van der Waals surface area contributed by atoms with Crippen molar-refractivity contribution in [3.63, 3.8) is 0 Å². The van der Waals surface area contributed by atoms with E-state index in [2.05, 4.69) is 6.92 Å². The van der Waals surface area contributed by atoms with Gasteiger partial charge in [-0.3, -0.25) is 0 Å². The first-order valence-corrected chi connectivity index (χ1v) is 9.61. The van der Waals surface area contributed by atoms with E-state index in [4.69, 9.17) is 0 Å². The molecule has 3 aliphatic carbocycles. The Bertz CT molecular complexity index is 436. The van der Waals surface area contributed by atoms with E-state index in [-0.39, 0.29) is 18.6 Å². The first-order valence-electron chi connectivity index (χ1n) is 9.61. The van der Waals surface area contributed by atoms with Crippen molar-refractivity contribution in [3.05, 3.63) is 11.4 Å². The first-order chi connectivity index (χ1) is 11.0. The molecule has 0 aliphatic heterocycles. The zero-order valence-electron chi connectivity index (χ0n) is 15.0. The lowest BCUT2D eigenvalue weighted by molar-refractivity contribution is 0.0613. The van der Waals surface area contributed by atoms with Crippen LogP contribution in [0.2, 0.25) is 0 Å². The van der Waals surface area contributed by atoms with Crippen molar-refractivity contribution in [1.29, 1.82) is 0 Å². The summed E-state index contributed by atoms with van der Waals surface area (Å²) in [6, 6.07) is 0. The van der Waals surface area contributed by atoms with Gasteiger partial charge in [-0.05, 0) is 67.8 Å². The van der Waals surface area contributed by atoms with E-state index >= 15 is 0 Å². The highest BCUT2D eigenvalue weighted by molar-refractivity contribution is 5.18. The third-order valence-corrected chi connectivity index (χ3v) is 6.95. The summed E-state index contributed by atoms with van der Waals surface area (Å²) in [4.78, 5) is 0. The summed E-state index contributed by atoms with van der Waals surface area (Å²) in [7, 11) is 0. The van der Waals surface area contributed by atoms with Gasteiger partial charge in [-0.1, -0.05) is 26.7 Å². The molecule has 142 valence electrons. The quantitative estimate of drug-likeness (QED) is 0.588. The van der Waals surface area contributed by atoms with Gasteiger partial charge in [0.25, 0.3) is 0 Å². The van der Waals surface area contributed by atoms with Crippen LogP contribution in [0, 0.1) is 29.6 Å². The van der Waals surface area contributed by atoms with Crippen LogP contribution in [0.4, 0.5) is 13.2 Å². The summed E-state index contributed by atoms with van der Waals surface area (Å²) in [5.74, 6) is 1.17. The van der Waals surface area contributed by atoms with Crippen LogP contribution in [0.1, 0.15) is 73.1 Å². The van der Waals surface area contributed by atoms with E-state index in [1.807, 2.05) is 0 Å². The minimum absolute atomic E-state index is 0. The highest BCUT2D eigenvalue weighted by atomic mass is 19.1. The minimum Gasteiger partial charge on any atom is -0.412 e. The largest absolute Gasteiger partial charge is 0.412 e. The second-order valence-electron chi connectivity index (χ2n) is 8.51. The predicted octanol–water partition coefficient (Wildman–Crippen LogP) is 5.98. The Kier molecular flexibility index (Phi) is 6.81. The maximum absolute atomic E-state index is 14.7. The van der Waals surface area contributed by atoms with Gasteiger partial charge in [0.1, 0.15) is 12.3 Å². The summed E-state index contributed by atoms with van der Waals surface area (Å²) in [6.45, 7) is 3.94. The Hall–Kier alpha value is -0.510. The van der Waals surface area contributed by atoms with Gasteiger partial charge in [0, 0.05) is 13.8 Å².